The average molecular weight is 162 g/mol. The number of rotatable bonds is 2. The molecule has 2 nitrogen and oxygen atoms in total. The van der Waals surface area contributed by atoms with Crippen LogP contribution < -0.4 is 0 Å². The zero-order chi connectivity index (χ0) is 8.41. The van der Waals surface area contributed by atoms with Crippen LogP contribution >= 0.6 is 0 Å². The normalized spacial score (nSPS) is 13.8. The molecule has 0 amide bonds. The van der Waals surface area contributed by atoms with Crippen molar-refractivity contribution in [3.05, 3.63) is 0 Å². The van der Waals surface area contributed by atoms with E-state index in [9.17, 15) is 4.80 Å². The molecule has 0 atom stereocenters. The Balaban J connectivity index is 3.56. The first-order valence-corrected chi connectivity index (χ1v) is 6.43. The Bertz CT molecular complexity index is 85.2. The fourth-order valence-corrected chi connectivity index (χ4v) is 1.18. The van der Waals surface area contributed by atoms with Gasteiger partial charge in [-0.25, -0.2) is 0 Å². The van der Waals surface area contributed by atoms with Gasteiger partial charge >= 0.3 is 8.56 Å². The van der Waals surface area contributed by atoms with Gasteiger partial charge in [-0.3, -0.25) is 0 Å². The summed E-state index contributed by atoms with van der Waals surface area (Å²) in [6.07, 6.45) is 0. The van der Waals surface area contributed by atoms with E-state index in [1.54, 1.807) is 13.1 Å². The molecule has 0 radical (unpaired) electrons. The van der Waals surface area contributed by atoms with Crippen molar-refractivity contribution < 1.29 is 9.22 Å². The lowest BCUT2D eigenvalue weighted by molar-refractivity contribution is 0.157. The summed E-state index contributed by atoms with van der Waals surface area (Å²) in [5.41, 5.74) is 0.160. The smallest absolute Gasteiger partial charge is 0.329 e. The molecule has 0 rings (SSSR count). The van der Waals surface area contributed by atoms with Gasteiger partial charge in [-0.05, 0) is 18.5 Å². The van der Waals surface area contributed by atoms with Crippen molar-refractivity contribution in [2.45, 2.75) is 33.9 Å². The minimum atomic E-state index is -2.27. The van der Waals surface area contributed by atoms with Crippen LogP contribution in [-0.4, -0.2) is 20.0 Å². The Hall–Kier alpha value is 0.137. The van der Waals surface area contributed by atoms with Crippen molar-refractivity contribution >= 4 is 8.56 Å². The van der Waals surface area contributed by atoms with E-state index in [0.29, 0.717) is 6.61 Å². The maximum absolute atomic E-state index is 9.30. The van der Waals surface area contributed by atoms with Crippen molar-refractivity contribution in [3.8, 4) is 0 Å². The van der Waals surface area contributed by atoms with Crippen LogP contribution in [-0.2, 0) is 4.43 Å². The van der Waals surface area contributed by atoms with Gasteiger partial charge in [-0.15, -0.1) is 0 Å². The van der Waals surface area contributed by atoms with Gasteiger partial charge in [0.05, 0.1) is 0 Å². The lowest BCUT2D eigenvalue weighted by atomic mass is 9.99. The van der Waals surface area contributed by atoms with Gasteiger partial charge in [0.2, 0.25) is 0 Å². The molecule has 1 N–H and O–H groups in total. The standard InChI is InChI=1S/C7H18O2Si/c1-7(2,3)6-9-10(4,5)8/h8H,6H2,1-5H3. The molecule has 10 heavy (non-hydrogen) atoms. The highest BCUT2D eigenvalue weighted by atomic mass is 28.4. The van der Waals surface area contributed by atoms with E-state index in [4.69, 9.17) is 4.43 Å². The zero-order valence-electron chi connectivity index (χ0n) is 7.56. The molecule has 3 heteroatoms. The molecular weight excluding hydrogens is 144 g/mol. The van der Waals surface area contributed by atoms with Gasteiger partial charge < -0.3 is 9.22 Å². The number of hydrogen-bond acceptors (Lipinski definition) is 2. The van der Waals surface area contributed by atoms with E-state index in [0.717, 1.165) is 0 Å². The third-order valence-corrected chi connectivity index (χ3v) is 1.71. The summed E-state index contributed by atoms with van der Waals surface area (Å²) >= 11 is 0. The highest BCUT2D eigenvalue weighted by Gasteiger charge is 2.21. The third kappa shape index (κ3) is 8.14. The fourth-order valence-electron chi connectivity index (χ4n) is 0.393. The van der Waals surface area contributed by atoms with Crippen LogP contribution in [0.3, 0.4) is 0 Å². The van der Waals surface area contributed by atoms with Crippen molar-refractivity contribution in [2.24, 2.45) is 5.41 Å². The average Bonchev–Trinajstić information content (AvgIpc) is 1.57. The van der Waals surface area contributed by atoms with E-state index in [1.807, 2.05) is 0 Å². The lowest BCUT2D eigenvalue weighted by Gasteiger charge is -2.23. The molecule has 0 aliphatic rings. The molecule has 0 aromatic carbocycles. The van der Waals surface area contributed by atoms with Crippen LogP contribution in [0.25, 0.3) is 0 Å². The summed E-state index contributed by atoms with van der Waals surface area (Å²) in [4.78, 5) is 9.30. The van der Waals surface area contributed by atoms with Gasteiger partial charge in [0.1, 0.15) is 0 Å². The Morgan fingerprint density at radius 2 is 1.70 bits per heavy atom. The van der Waals surface area contributed by atoms with Crippen LogP contribution in [0.4, 0.5) is 0 Å². The number of hydrogen-bond donors (Lipinski definition) is 1. The topological polar surface area (TPSA) is 29.5 Å². The van der Waals surface area contributed by atoms with Crippen LogP contribution in [0.2, 0.25) is 13.1 Å². The predicted molar refractivity (Wildman–Crippen MR) is 45.1 cm³/mol. The molecule has 0 saturated heterocycles. The van der Waals surface area contributed by atoms with Crippen molar-refractivity contribution in [1.29, 1.82) is 0 Å². The van der Waals surface area contributed by atoms with E-state index in [1.165, 1.54) is 0 Å². The van der Waals surface area contributed by atoms with Crippen LogP contribution in [0.5, 0.6) is 0 Å². The Labute approximate surface area is 64.5 Å². The SMILES string of the molecule is CC(C)(C)CO[Si](C)(C)O. The van der Waals surface area contributed by atoms with E-state index in [2.05, 4.69) is 20.8 Å². The summed E-state index contributed by atoms with van der Waals surface area (Å²) in [6.45, 7) is 10.5. The predicted octanol–water partition coefficient (Wildman–Crippen LogP) is 1.74. The van der Waals surface area contributed by atoms with Gasteiger partial charge in [0, 0.05) is 6.61 Å². The van der Waals surface area contributed by atoms with E-state index >= 15 is 0 Å². The van der Waals surface area contributed by atoms with Crippen molar-refractivity contribution in [1.82, 2.24) is 0 Å². The lowest BCUT2D eigenvalue weighted by Crippen LogP contribution is -2.33. The third-order valence-electron chi connectivity index (χ3n) is 0.858. The van der Waals surface area contributed by atoms with Crippen molar-refractivity contribution in [2.75, 3.05) is 6.61 Å². The largest absolute Gasteiger partial charge is 0.411 e. The van der Waals surface area contributed by atoms with Gasteiger partial charge in [0.15, 0.2) is 0 Å². The monoisotopic (exact) mass is 162 g/mol. The second-order valence-electron chi connectivity index (χ2n) is 4.30. The van der Waals surface area contributed by atoms with Crippen LogP contribution in [0, 0.1) is 5.41 Å². The minimum absolute atomic E-state index is 0.160. The first-order chi connectivity index (χ1) is 4.21. The highest BCUT2D eigenvalue weighted by molar-refractivity contribution is 6.63. The highest BCUT2D eigenvalue weighted by Crippen LogP contribution is 2.15. The summed E-state index contributed by atoms with van der Waals surface area (Å²) < 4.78 is 5.29. The van der Waals surface area contributed by atoms with E-state index < -0.39 is 8.56 Å². The maximum atomic E-state index is 9.30. The first kappa shape index (κ1) is 10.1. The molecule has 0 fully saturated rings. The molecule has 0 aromatic rings. The molecule has 0 unspecified atom stereocenters. The summed E-state index contributed by atoms with van der Waals surface area (Å²) in [5.74, 6) is 0. The molecule has 0 saturated carbocycles. The quantitative estimate of drug-likeness (QED) is 0.627. The summed E-state index contributed by atoms with van der Waals surface area (Å²) in [6, 6.07) is 0. The molecule has 0 spiro atoms. The zero-order valence-corrected chi connectivity index (χ0v) is 8.56. The minimum Gasteiger partial charge on any atom is -0.411 e. The second-order valence-corrected chi connectivity index (χ2v) is 7.48. The molecule has 0 heterocycles. The summed E-state index contributed by atoms with van der Waals surface area (Å²) in [7, 11) is -2.27. The maximum Gasteiger partial charge on any atom is 0.329 e. The molecular formula is C7H18O2Si. The second kappa shape index (κ2) is 3.03. The molecule has 62 valence electrons. The first-order valence-electron chi connectivity index (χ1n) is 3.57. The Morgan fingerprint density at radius 1 is 1.30 bits per heavy atom. The van der Waals surface area contributed by atoms with Crippen molar-refractivity contribution in [3.63, 3.8) is 0 Å². The van der Waals surface area contributed by atoms with E-state index in [-0.39, 0.29) is 5.41 Å². The van der Waals surface area contributed by atoms with Crippen LogP contribution in [0.1, 0.15) is 20.8 Å². The Kier molecular flexibility index (Phi) is 3.07. The van der Waals surface area contributed by atoms with Gasteiger partial charge in [-0.1, -0.05) is 20.8 Å². The molecule has 0 aliphatic heterocycles. The van der Waals surface area contributed by atoms with Gasteiger partial charge in [0.25, 0.3) is 0 Å². The van der Waals surface area contributed by atoms with Gasteiger partial charge in [-0.2, -0.15) is 0 Å². The molecule has 0 aliphatic carbocycles. The fraction of sp³-hybridized carbons (Fsp3) is 1.00. The Morgan fingerprint density at radius 3 is 1.80 bits per heavy atom. The molecule has 0 aromatic heterocycles. The van der Waals surface area contributed by atoms with Crippen LogP contribution in [0.15, 0.2) is 0 Å². The molecule has 0 bridgehead atoms. The summed E-state index contributed by atoms with van der Waals surface area (Å²) in [5, 5.41) is 0.